The minimum atomic E-state index is -1.52. The first-order chi connectivity index (χ1) is 8.38. The van der Waals surface area contributed by atoms with Crippen molar-refractivity contribution in [3.8, 4) is 0 Å². The van der Waals surface area contributed by atoms with Crippen molar-refractivity contribution in [3.63, 3.8) is 0 Å². The Morgan fingerprint density at radius 2 is 1.94 bits per heavy atom. The van der Waals surface area contributed by atoms with Crippen LogP contribution in [0.2, 0.25) is 0 Å². The van der Waals surface area contributed by atoms with E-state index in [1.807, 2.05) is 0 Å². The second kappa shape index (κ2) is 5.77. The Morgan fingerprint density at radius 1 is 1.33 bits per heavy atom. The summed E-state index contributed by atoms with van der Waals surface area (Å²) in [5.41, 5.74) is -0.828. The summed E-state index contributed by atoms with van der Waals surface area (Å²) < 4.78 is 27.0. The van der Waals surface area contributed by atoms with Gasteiger partial charge in [-0.25, -0.2) is 13.6 Å². The number of halogens is 2. The van der Waals surface area contributed by atoms with E-state index >= 15 is 0 Å². The standard InChI is InChI=1S/C12H15F2NO3/c1-6(5-16)7(2)15-9-4-3-8(12(17)18)10(13)11(9)14/h3-4,6-7,15-16H,5H2,1-2H3,(H,17,18). The summed E-state index contributed by atoms with van der Waals surface area (Å²) in [4.78, 5) is 10.6. The third kappa shape index (κ3) is 2.95. The van der Waals surface area contributed by atoms with Gasteiger partial charge in [0.25, 0.3) is 0 Å². The van der Waals surface area contributed by atoms with Gasteiger partial charge in [0.15, 0.2) is 11.6 Å². The largest absolute Gasteiger partial charge is 0.478 e. The van der Waals surface area contributed by atoms with Crippen molar-refractivity contribution in [1.82, 2.24) is 0 Å². The van der Waals surface area contributed by atoms with Crippen molar-refractivity contribution >= 4 is 11.7 Å². The molecule has 0 amide bonds. The first-order valence-electron chi connectivity index (χ1n) is 5.47. The molecule has 2 atom stereocenters. The Hall–Kier alpha value is -1.69. The van der Waals surface area contributed by atoms with Gasteiger partial charge < -0.3 is 15.5 Å². The molecule has 0 fully saturated rings. The van der Waals surface area contributed by atoms with Crippen molar-refractivity contribution in [3.05, 3.63) is 29.3 Å². The van der Waals surface area contributed by atoms with Crippen LogP contribution in [-0.4, -0.2) is 28.8 Å². The van der Waals surface area contributed by atoms with Crippen LogP contribution in [0.3, 0.4) is 0 Å². The molecule has 1 aromatic carbocycles. The molecule has 1 aromatic rings. The van der Waals surface area contributed by atoms with E-state index in [4.69, 9.17) is 10.2 Å². The van der Waals surface area contributed by atoms with Crippen LogP contribution in [-0.2, 0) is 0 Å². The maximum atomic E-state index is 13.6. The van der Waals surface area contributed by atoms with E-state index in [1.54, 1.807) is 13.8 Å². The van der Waals surface area contributed by atoms with Gasteiger partial charge in [-0.15, -0.1) is 0 Å². The molecule has 0 saturated heterocycles. The number of anilines is 1. The zero-order chi connectivity index (χ0) is 13.9. The minimum Gasteiger partial charge on any atom is -0.478 e. The van der Waals surface area contributed by atoms with Crippen molar-refractivity contribution in [2.24, 2.45) is 5.92 Å². The van der Waals surface area contributed by atoms with Crippen LogP contribution in [0.15, 0.2) is 12.1 Å². The number of nitrogens with one attached hydrogen (secondary N) is 1. The molecule has 0 aromatic heterocycles. The average molecular weight is 259 g/mol. The highest BCUT2D eigenvalue weighted by atomic mass is 19.2. The number of carboxylic acids is 1. The molecule has 0 heterocycles. The predicted molar refractivity (Wildman–Crippen MR) is 62.7 cm³/mol. The molecule has 0 bridgehead atoms. The molecule has 6 heteroatoms. The molecule has 2 unspecified atom stereocenters. The topological polar surface area (TPSA) is 69.6 Å². The second-order valence-corrected chi connectivity index (χ2v) is 4.19. The smallest absolute Gasteiger partial charge is 0.338 e. The van der Waals surface area contributed by atoms with Gasteiger partial charge in [-0.05, 0) is 25.0 Å². The number of hydrogen-bond donors (Lipinski definition) is 3. The van der Waals surface area contributed by atoms with Crippen molar-refractivity contribution in [2.75, 3.05) is 11.9 Å². The summed E-state index contributed by atoms with van der Waals surface area (Å²) >= 11 is 0. The number of rotatable bonds is 5. The number of benzene rings is 1. The van der Waals surface area contributed by atoms with Crippen LogP contribution in [0.5, 0.6) is 0 Å². The summed E-state index contributed by atoms with van der Waals surface area (Å²) in [6, 6.07) is 1.89. The van der Waals surface area contributed by atoms with Gasteiger partial charge in [-0.1, -0.05) is 6.92 Å². The lowest BCUT2D eigenvalue weighted by Gasteiger charge is -2.21. The molecule has 0 radical (unpaired) electrons. The van der Waals surface area contributed by atoms with Gasteiger partial charge in [0.1, 0.15) is 0 Å². The Bertz CT molecular complexity index is 451. The average Bonchev–Trinajstić information content (AvgIpc) is 2.33. The summed E-state index contributed by atoms with van der Waals surface area (Å²) in [5.74, 6) is -4.29. The molecule has 0 aliphatic carbocycles. The first kappa shape index (κ1) is 14.4. The monoisotopic (exact) mass is 259 g/mol. The molecular weight excluding hydrogens is 244 g/mol. The van der Waals surface area contributed by atoms with E-state index in [9.17, 15) is 13.6 Å². The van der Waals surface area contributed by atoms with Crippen molar-refractivity contribution in [2.45, 2.75) is 19.9 Å². The van der Waals surface area contributed by atoms with Gasteiger partial charge in [-0.3, -0.25) is 0 Å². The fourth-order valence-electron chi connectivity index (χ4n) is 1.37. The molecule has 4 nitrogen and oxygen atoms in total. The number of carboxylic acid groups (broad SMARTS) is 1. The van der Waals surface area contributed by atoms with E-state index < -0.39 is 23.2 Å². The van der Waals surface area contributed by atoms with Crippen LogP contribution in [0.1, 0.15) is 24.2 Å². The summed E-state index contributed by atoms with van der Waals surface area (Å²) in [5, 5.41) is 20.3. The van der Waals surface area contributed by atoms with Gasteiger partial charge >= 0.3 is 5.97 Å². The zero-order valence-corrected chi connectivity index (χ0v) is 10.1. The summed E-state index contributed by atoms with van der Waals surface area (Å²) in [6.07, 6.45) is 0. The van der Waals surface area contributed by atoms with Crippen LogP contribution >= 0.6 is 0 Å². The van der Waals surface area contributed by atoms with Gasteiger partial charge in [0.2, 0.25) is 0 Å². The molecule has 1 rings (SSSR count). The maximum Gasteiger partial charge on any atom is 0.338 e. The highest BCUT2D eigenvalue weighted by Crippen LogP contribution is 2.22. The summed E-state index contributed by atoms with van der Waals surface area (Å²) in [6.45, 7) is 3.37. The molecular formula is C12H15F2NO3. The highest BCUT2D eigenvalue weighted by molar-refractivity contribution is 5.88. The van der Waals surface area contributed by atoms with Crippen molar-refractivity contribution < 1.29 is 23.8 Å². The molecule has 100 valence electrons. The third-order valence-corrected chi connectivity index (χ3v) is 2.84. The quantitative estimate of drug-likeness (QED) is 0.757. The number of aliphatic hydroxyl groups excluding tert-OH is 1. The van der Waals surface area contributed by atoms with Crippen LogP contribution in [0.4, 0.5) is 14.5 Å². The molecule has 0 aliphatic heterocycles. The Morgan fingerprint density at radius 3 is 2.44 bits per heavy atom. The first-order valence-corrected chi connectivity index (χ1v) is 5.47. The summed E-state index contributed by atoms with van der Waals surface area (Å²) in [7, 11) is 0. The Labute approximate surface area is 103 Å². The zero-order valence-electron chi connectivity index (χ0n) is 10.1. The number of carbonyl (C=O) groups is 1. The molecule has 0 spiro atoms. The maximum absolute atomic E-state index is 13.6. The van der Waals surface area contributed by atoms with Crippen molar-refractivity contribution in [1.29, 1.82) is 0 Å². The number of aromatic carboxylic acids is 1. The SMILES string of the molecule is CC(CO)C(C)Nc1ccc(C(=O)O)c(F)c1F. The Balaban J connectivity index is 2.99. The van der Waals surface area contributed by atoms with E-state index in [2.05, 4.69) is 5.32 Å². The fourth-order valence-corrected chi connectivity index (χ4v) is 1.37. The molecule has 18 heavy (non-hydrogen) atoms. The van der Waals surface area contributed by atoms with Gasteiger partial charge in [0.05, 0.1) is 11.3 Å². The number of hydrogen-bond acceptors (Lipinski definition) is 3. The lowest BCUT2D eigenvalue weighted by Crippen LogP contribution is -2.27. The lowest BCUT2D eigenvalue weighted by atomic mass is 10.0. The van der Waals surface area contributed by atoms with Gasteiger partial charge in [0, 0.05) is 12.6 Å². The molecule has 0 saturated carbocycles. The number of aliphatic hydroxyl groups is 1. The minimum absolute atomic E-state index is 0.0918. The van der Waals surface area contributed by atoms with Crippen LogP contribution in [0.25, 0.3) is 0 Å². The van der Waals surface area contributed by atoms with Crippen LogP contribution in [0, 0.1) is 17.6 Å². The molecule has 3 N–H and O–H groups in total. The highest BCUT2D eigenvalue weighted by Gasteiger charge is 2.20. The molecule has 0 aliphatic rings. The second-order valence-electron chi connectivity index (χ2n) is 4.19. The Kier molecular flexibility index (Phi) is 4.61. The normalized spacial score (nSPS) is 14.1. The van der Waals surface area contributed by atoms with Gasteiger partial charge in [-0.2, -0.15) is 0 Å². The lowest BCUT2D eigenvalue weighted by molar-refractivity contribution is 0.0690. The fraction of sp³-hybridized carbons (Fsp3) is 0.417. The third-order valence-electron chi connectivity index (χ3n) is 2.84. The van der Waals surface area contributed by atoms with Crippen LogP contribution < -0.4 is 5.32 Å². The van der Waals surface area contributed by atoms with E-state index in [-0.39, 0.29) is 24.3 Å². The predicted octanol–water partition coefficient (Wildman–Crippen LogP) is 2.09. The van der Waals surface area contributed by atoms with E-state index in [1.165, 1.54) is 6.07 Å². The van der Waals surface area contributed by atoms with E-state index in [0.717, 1.165) is 6.07 Å². The van der Waals surface area contributed by atoms with E-state index in [0.29, 0.717) is 0 Å².